The fourth-order valence-corrected chi connectivity index (χ4v) is 2.50. The van der Waals surface area contributed by atoms with Gasteiger partial charge in [0.1, 0.15) is 0 Å². The third-order valence-corrected chi connectivity index (χ3v) is 3.34. The Hall–Kier alpha value is -0.870. The number of amides is 1. The largest absolute Gasteiger partial charge is 0.352 e. The van der Waals surface area contributed by atoms with Crippen molar-refractivity contribution in [1.29, 1.82) is 0 Å². The van der Waals surface area contributed by atoms with Crippen molar-refractivity contribution in [2.24, 2.45) is 0 Å². The molecule has 1 atom stereocenters. The quantitative estimate of drug-likeness (QED) is 0.809. The second kappa shape index (κ2) is 5.28. The lowest BCUT2D eigenvalue weighted by Gasteiger charge is -2.23. The molecule has 0 radical (unpaired) electrons. The molecule has 0 aliphatic carbocycles. The molecule has 1 saturated heterocycles. The number of rotatable bonds is 3. The van der Waals surface area contributed by atoms with Crippen LogP contribution in [0.1, 0.15) is 18.4 Å². The predicted molar refractivity (Wildman–Crippen MR) is 62.1 cm³/mol. The van der Waals surface area contributed by atoms with Gasteiger partial charge in [-0.25, -0.2) is 0 Å². The van der Waals surface area contributed by atoms with Gasteiger partial charge in [0.05, 0.1) is 6.42 Å². The van der Waals surface area contributed by atoms with E-state index in [0.29, 0.717) is 12.5 Å². The summed E-state index contributed by atoms with van der Waals surface area (Å²) < 4.78 is 0. The molecule has 2 N–H and O–H groups in total. The SMILES string of the molecule is O=C(Cc1ccsc1)N[C@H]1CCCNC1. The van der Waals surface area contributed by atoms with Gasteiger partial charge in [0.25, 0.3) is 0 Å². The first-order chi connectivity index (χ1) is 7.34. The second-order valence-corrected chi connectivity index (χ2v) is 4.70. The predicted octanol–water partition coefficient (Wildman–Crippen LogP) is 1.16. The van der Waals surface area contributed by atoms with Crippen molar-refractivity contribution < 1.29 is 4.79 Å². The molecule has 1 aliphatic rings. The Bertz CT molecular complexity index is 304. The van der Waals surface area contributed by atoms with Gasteiger partial charge >= 0.3 is 0 Å². The lowest BCUT2D eigenvalue weighted by molar-refractivity contribution is -0.121. The number of piperidine rings is 1. The van der Waals surface area contributed by atoms with E-state index in [1.165, 1.54) is 0 Å². The molecule has 15 heavy (non-hydrogen) atoms. The Morgan fingerprint density at radius 3 is 3.27 bits per heavy atom. The topological polar surface area (TPSA) is 41.1 Å². The number of nitrogens with one attached hydrogen (secondary N) is 2. The Morgan fingerprint density at radius 1 is 1.67 bits per heavy atom. The highest BCUT2D eigenvalue weighted by Gasteiger charge is 2.15. The number of carbonyl (C=O) groups excluding carboxylic acids is 1. The minimum absolute atomic E-state index is 0.141. The average molecular weight is 224 g/mol. The zero-order chi connectivity index (χ0) is 10.5. The molecular weight excluding hydrogens is 208 g/mol. The molecule has 1 fully saturated rings. The molecule has 0 aromatic carbocycles. The highest BCUT2D eigenvalue weighted by Crippen LogP contribution is 2.07. The van der Waals surface area contributed by atoms with Crippen molar-refractivity contribution in [3.8, 4) is 0 Å². The molecule has 2 heterocycles. The number of hydrogen-bond acceptors (Lipinski definition) is 3. The van der Waals surface area contributed by atoms with E-state index in [4.69, 9.17) is 0 Å². The molecule has 1 aromatic rings. The highest BCUT2D eigenvalue weighted by molar-refractivity contribution is 7.07. The third-order valence-electron chi connectivity index (χ3n) is 2.61. The van der Waals surface area contributed by atoms with Gasteiger partial charge in [0.2, 0.25) is 5.91 Å². The van der Waals surface area contributed by atoms with Crippen molar-refractivity contribution in [1.82, 2.24) is 10.6 Å². The van der Waals surface area contributed by atoms with E-state index >= 15 is 0 Å². The first-order valence-electron chi connectivity index (χ1n) is 5.36. The maximum Gasteiger partial charge on any atom is 0.224 e. The second-order valence-electron chi connectivity index (χ2n) is 3.92. The van der Waals surface area contributed by atoms with Crippen molar-refractivity contribution in [2.75, 3.05) is 13.1 Å². The van der Waals surface area contributed by atoms with Gasteiger partial charge in [0, 0.05) is 12.6 Å². The summed E-state index contributed by atoms with van der Waals surface area (Å²) >= 11 is 1.64. The van der Waals surface area contributed by atoms with E-state index in [9.17, 15) is 4.79 Å². The van der Waals surface area contributed by atoms with E-state index in [1.807, 2.05) is 16.8 Å². The molecule has 1 amide bonds. The summed E-state index contributed by atoms with van der Waals surface area (Å²) in [5, 5.41) is 10.4. The van der Waals surface area contributed by atoms with Gasteiger partial charge in [-0.3, -0.25) is 4.79 Å². The first-order valence-corrected chi connectivity index (χ1v) is 6.30. The van der Waals surface area contributed by atoms with Crippen LogP contribution in [0.25, 0.3) is 0 Å². The van der Waals surface area contributed by atoms with Gasteiger partial charge in [0.15, 0.2) is 0 Å². The lowest BCUT2D eigenvalue weighted by Crippen LogP contribution is -2.46. The normalized spacial score (nSPS) is 21.2. The molecular formula is C11H16N2OS. The summed E-state index contributed by atoms with van der Waals surface area (Å²) in [6.07, 6.45) is 2.77. The summed E-state index contributed by atoms with van der Waals surface area (Å²) in [7, 11) is 0. The van der Waals surface area contributed by atoms with Crippen LogP contribution in [-0.2, 0) is 11.2 Å². The van der Waals surface area contributed by atoms with Gasteiger partial charge in [-0.2, -0.15) is 11.3 Å². The van der Waals surface area contributed by atoms with Crippen LogP contribution in [0.15, 0.2) is 16.8 Å². The van der Waals surface area contributed by atoms with Crippen LogP contribution >= 0.6 is 11.3 Å². The Labute approximate surface area is 93.9 Å². The molecule has 0 saturated carbocycles. The molecule has 2 rings (SSSR count). The molecule has 4 heteroatoms. The van der Waals surface area contributed by atoms with Crippen molar-refractivity contribution in [3.63, 3.8) is 0 Å². The molecule has 1 aromatic heterocycles. The van der Waals surface area contributed by atoms with E-state index in [2.05, 4.69) is 10.6 Å². The average Bonchev–Trinajstić information content (AvgIpc) is 2.71. The Balaban J connectivity index is 1.76. The van der Waals surface area contributed by atoms with E-state index in [1.54, 1.807) is 11.3 Å². The van der Waals surface area contributed by atoms with E-state index in [0.717, 1.165) is 31.5 Å². The molecule has 1 aliphatic heterocycles. The van der Waals surface area contributed by atoms with Crippen LogP contribution in [0.2, 0.25) is 0 Å². The van der Waals surface area contributed by atoms with Crippen LogP contribution in [0, 0.1) is 0 Å². The maximum atomic E-state index is 11.6. The molecule has 3 nitrogen and oxygen atoms in total. The number of hydrogen-bond donors (Lipinski definition) is 2. The maximum absolute atomic E-state index is 11.6. The number of thiophene rings is 1. The molecule has 0 unspecified atom stereocenters. The molecule has 82 valence electrons. The minimum Gasteiger partial charge on any atom is -0.352 e. The van der Waals surface area contributed by atoms with E-state index < -0.39 is 0 Å². The van der Waals surface area contributed by atoms with Crippen LogP contribution in [0.4, 0.5) is 0 Å². The fraction of sp³-hybridized carbons (Fsp3) is 0.545. The summed E-state index contributed by atoms with van der Waals surface area (Å²) in [4.78, 5) is 11.6. The Morgan fingerprint density at radius 2 is 2.60 bits per heavy atom. The zero-order valence-corrected chi connectivity index (χ0v) is 9.48. The third kappa shape index (κ3) is 3.32. The van der Waals surface area contributed by atoms with E-state index in [-0.39, 0.29) is 5.91 Å². The molecule has 0 spiro atoms. The smallest absolute Gasteiger partial charge is 0.224 e. The summed E-state index contributed by atoms with van der Waals surface area (Å²) in [5.74, 6) is 0.141. The van der Waals surface area contributed by atoms with Crippen molar-refractivity contribution in [2.45, 2.75) is 25.3 Å². The van der Waals surface area contributed by atoms with Crippen molar-refractivity contribution >= 4 is 17.2 Å². The summed E-state index contributed by atoms with van der Waals surface area (Å²) in [6, 6.07) is 2.33. The zero-order valence-electron chi connectivity index (χ0n) is 8.66. The Kier molecular flexibility index (Phi) is 3.75. The van der Waals surface area contributed by atoms with Crippen molar-refractivity contribution in [3.05, 3.63) is 22.4 Å². The minimum atomic E-state index is 0.141. The monoisotopic (exact) mass is 224 g/mol. The van der Waals surface area contributed by atoms with Crippen LogP contribution in [-0.4, -0.2) is 25.0 Å². The van der Waals surface area contributed by atoms with Gasteiger partial charge in [-0.15, -0.1) is 0 Å². The van der Waals surface area contributed by atoms with Crippen LogP contribution < -0.4 is 10.6 Å². The summed E-state index contributed by atoms with van der Waals surface area (Å²) in [5.41, 5.74) is 1.11. The van der Waals surface area contributed by atoms with Crippen LogP contribution in [0.5, 0.6) is 0 Å². The summed E-state index contributed by atoms with van der Waals surface area (Å²) in [6.45, 7) is 1.99. The lowest BCUT2D eigenvalue weighted by atomic mass is 10.1. The van der Waals surface area contributed by atoms with Gasteiger partial charge in [-0.1, -0.05) is 0 Å². The molecule has 0 bridgehead atoms. The van der Waals surface area contributed by atoms with Crippen LogP contribution in [0.3, 0.4) is 0 Å². The van der Waals surface area contributed by atoms with Gasteiger partial charge in [-0.05, 0) is 41.8 Å². The highest BCUT2D eigenvalue weighted by atomic mass is 32.1. The first kappa shape index (κ1) is 10.6. The fourth-order valence-electron chi connectivity index (χ4n) is 1.83. The van der Waals surface area contributed by atoms with Gasteiger partial charge < -0.3 is 10.6 Å². The standard InChI is InChI=1S/C11H16N2OS/c14-11(6-9-3-5-15-8-9)13-10-2-1-4-12-7-10/h3,5,8,10,12H,1-2,4,6-7H2,(H,13,14)/t10-/m0/s1. The number of carbonyl (C=O) groups is 1.